The molecule has 0 aliphatic carbocycles. The second kappa shape index (κ2) is 8.72. The van der Waals surface area contributed by atoms with Crippen LogP contribution in [0.25, 0.3) is 11.3 Å². The van der Waals surface area contributed by atoms with Gasteiger partial charge < -0.3 is 10.2 Å². The molecule has 2 aromatic carbocycles. The van der Waals surface area contributed by atoms with Crippen molar-refractivity contribution in [1.82, 2.24) is 15.1 Å². The molecule has 0 spiro atoms. The van der Waals surface area contributed by atoms with Crippen LogP contribution >= 0.6 is 11.6 Å². The molecule has 1 aromatic heterocycles. The average molecular weight is 393 g/mol. The Hall–Kier alpha value is -2.43. The van der Waals surface area contributed by atoms with Gasteiger partial charge in [-0.1, -0.05) is 29.8 Å². The predicted octanol–water partition coefficient (Wildman–Crippen LogP) is 4.83. The van der Waals surface area contributed by atoms with Crippen LogP contribution in [0.3, 0.4) is 0 Å². The number of nitrogens with zero attached hydrogens (tertiary/aromatic N) is 3. The minimum atomic E-state index is 0.729. The Balaban J connectivity index is 1.27. The number of nitrogens with one attached hydrogen (secondary N) is 1. The molecule has 5 heteroatoms. The van der Waals surface area contributed by atoms with Gasteiger partial charge in [-0.2, -0.15) is 10.2 Å². The summed E-state index contributed by atoms with van der Waals surface area (Å²) >= 11 is 5.94. The van der Waals surface area contributed by atoms with Gasteiger partial charge in [0.15, 0.2) is 0 Å². The first-order valence-corrected chi connectivity index (χ1v) is 10.2. The van der Waals surface area contributed by atoms with Crippen LogP contribution < -0.4 is 5.32 Å². The lowest BCUT2D eigenvalue weighted by Crippen LogP contribution is -2.26. The van der Waals surface area contributed by atoms with E-state index in [-0.39, 0.29) is 0 Å². The highest BCUT2D eigenvalue weighted by molar-refractivity contribution is 6.30. The predicted molar refractivity (Wildman–Crippen MR) is 116 cm³/mol. The Morgan fingerprint density at radius 2 is 1.86 bits per heavy atom. The van der Waals surface area contributed by atoms with Crippen LogP contribution in [0.2, 0.25) is 5.02 Å². The van der Waals surface area contributed by atoms with Crippen molar-refractivity contribution in [3.05, 3.63) is 76.4 Å². The van der Waals surface area contributed by atoms with E-state index < -0.39 is 0 Å². The van der Waals surface area contributed by atoms with E-state index in [1.807, 2.05) is 30.3 Å². The van der Waals surface area contributed by atoms with Crippen molar-refractivity contribution in [3.63, 3.8) is 0 Å². The normalized spacial score (nSPS) is 13.9. The van der Waals surface area contributed by atoms with Gasteiger partial charge in [-0.05, 0) is 73.8 Å². The summed E-state index contributed by atoms with van der Waals surface area (Å²) in [6, 6.07) is 18.5. The maximum Gasteiger partial charge on any atom is 0.0929 e. The number of hydrogen-bond donors (Lipinski definition) is 1. The summed E-state index contributed by atoms with van der Waals surface area (Å²) in [5, 5.41) is 13.0. The zero-order valence-electron chi connectivity index (χ0n) is 16.2. The fraction of sp³-hybridized carbons (Fsp3) is 0.304. The summed E-state index contributed by atoms with van der Waals surface area (Å²) in [7, 11) is 2.18. The molecule has 1 aliphatic heterocycles. The fourth-order valence-corrected chi connectivity index (χ4v) is 3.70. The molecule has 4 rings (SSSR count). The van der Waals surface area contributed by atoms with Crippen molar-refractivity contribution < 1.29 is 0 Å². The molecule has 0 atom stereocenters. The molecular weight excluding hydrogens is 368 g/mol. The molecule has 0 unspecified atom stereocenters. The van der Waals surface area contributed by atoms with E-state index in [0.29, 0.717) is 0 Å². The molecule has 0 bridgehead atoms. The fourth-order valence-electron chi connectivity index (χ4n) is 3.57. The number of hydrogen-bond acceptors (Lipinski definition) is 4. The highest BCUT2D eigenvalue weighted by atomic mass is 35.5. The third-order valence-corrected chi connectivity index (χ3v) is 5.46. The number of halogens is 1. The van der Waals surface area contributed by atoms with Gasteiger partial charge >= 0.3 is 0 Å². The highest BCUT2D eigenvalue weighted by Gasteiger charge is 2.13. The van der Waals surface area contributed by atoms with E-state index in [4.69, 9.17) is 11.6 Å². The number of rotatable bonds is 6. The minimum Gasteiger partial charge on any atom is -0.385 e. The Morgan fingerprint density at radius 3 is 2.64 bits per heavy atom. The summed E-state index contributed by atoms with van der Waals surface area (Å²) < 4.78 is 0. The molecule has 28 heavy (non-hydrogen) atoms. The molecule has 1 aliphatic rings. The Labute approximate surface area is 171 Å². The lowest BCUT2D eigenvalue weighted by atomic mass is 9.99. The quantitative estimate of drug-likeness (QED) is 0.610. The van der Waals surface area contributed by atoms with Crippen LogP contribution in [-0.4, -0.2) is 35.2 Å². The molecule has 0 fully saturated rings. The topological polar surface area (TPSA) is 41.0 Å². The number of aryl methyl sites for hydroxylation is 1. The van der Waals surface area contributed by atoms with Crippen molar-refractivity contribution in [2.24, 2.45) is 0 Å². The van der Waals surface area contributed by atoms with Crippen LogP contribution in [0.1, 0.15) is 23.2 Å². The Morgan fingerprint density at radius 1 is 1.00 bits per heavy atom. The van der Waals surface area contributed by atoms with E-state index in [0.717, 1.165) is 60.9 Å². The van der Waals surface area contributed by atoms with Gasteiger partial charge in [-0.15, -0.1) is 0 Å². The number of aromatic nitrogens is 2. The van der Waals surface area contributed by atoms with Crippen molar-refractivity contribution in [3.8, 4) is 11.3 Å². The molecule has 144 valence electrons. The SMILES string of the molecule is CN1CCc2cc(NCCCc3ccc(-c4ccc(Cl)cc4)nn3)ccc2C1. The Kier molecular flexibility index (Phi) is 5.89. The van der Waals surface area contributed by atoms with Crippen molar-refractivity contribution in [2.45, 2.75) is 25.8 Å². The first kappa shape index (κ1) is 18.9. The molecule has 2 heterocycles. The zero-order valence-corrected chi connectivity index (χ0v) is 16.9. The number of likely N-dealkylation sites (N-methyl/N-ethyl adjacent to an activating group) is 1. The molecular formula is C23H25ClN4. The summed E-state index contributed by atoms with van der Waals surface area (Å²) in [6.45, 7) is 3.13. The van der Waals surface area contributed by atoms with Crippen LogP contribution in [0.4, 0.5) is 5.69 Å². The minimum absolute atomic E-state index is 0.729. The number of benzene rings is 2. The first-order valence-electron chi connectivity index (χ1n) is 9.80. The molecule has 1 N–H and O–H groups in total. The standard InChI is InChI=1S/C23H25ClN4/c1-28-14-12-18-15-22(9-6-19(18)16-28)25-13-2-3-21-10-11-23(27-26-21)17-4-7-20(24)8-5-17/h4-11,15,25H,2-3,12-14,16H2,1H3. The van der Waals surface area contributed by atoms with E-state index in [9.17, 15) is 0 Å². The Bertz CT molecular complexity index is 922. The van der Waals surface area contributed by atoms with Gasteiger partial charge in [0.25, 0.3) is 0 Å². The third kappa shape index (κ3) is 4.70. The maximum atomic E-state index is 5.94. The van der Waals surface area contributed by atoms with E-state index in [2.05, 4.69) is 51.7 Å². The monoisotopic (exact) mass is 392 g/mol. The van der Waals surface area contributed by atoms with Gasteiger partial charge in [0.2, 0.25) is 0 Å². The smallest absolute Gasteiger partial charge is 0.0929 e. The number of anilines is 1. The van der Waals surface area contributed by atoms with Crippen LogP contribution in [-0.2, 0) is 19.4 Å². The molecule has 0 saturated heterocycles. The van der Waals surface area contributed by atoms with Gasteiger partial charge in [0, 0.05) is 35.9 Å². The molecule has 0 amide bonds. The summed E-state index contributed by atoms with van der Waals surface area (Å²) in [4.78, 5) is 2.37. The van der Waals surface area contributed by atoms with E-state index >= 15 is 0 Å². The van der Waals surface area contributed by atoms with Gasteiger partial charge in [0.05, 0.1) is 11.4 Å². The largest absolute Gasteiger partial charge is 0.385 e. The van der Waals surface area contributed by atoms with Crippen LogP contribution in [0.15, 0.2) is 54.6 Å². The lowest BCUT2D eigenvalue weighted by Gasteiger charge is -2.25. The third-order valence-electron chi connectivity index (χ3n) is 5.21. The lowest BCUT2D eigenvalue weighted by molar-refractivity contribution is 0.313. The first-order chi connectivity index (χ1) is 13.7. The van der Waals surface area contributed by atoms with Crippen molar-refractivity contribution >= 4 is 17.3 Å². The molecule has 3 aromatic rings. The van der Waals surface area contributed by atoms with Crippen molar-refractivity contribution in [2.75, 3.05) is 25.5 Å². The average Bonchev–Trinajstić information content (AvgIpc) is 2.72. The summed E-state index contributed by atoms with van der Waals surface area (Å²) in [6.07, 6.45) is 3.07. The van der Waals surface area contributed by atoms with E-state index in [1.165, 1.54) is 16.8 Å². The van der Waals surface area contributed by atoms with Gasteiger partial charge in [-0.3, -0.25) is 0 Å². The van der Waals surface area contributed by atoms with Gasteiger partial charge in [0.1, 0.15) is 0 Å². The number of fused-ring (bicyclic) bond motifs is 1. The molecule has 0 radical (unpaired) electrons. The zero-order chi connectivity index (χ0) is 19.3. The molecule has 4 nitrogen and oxygen atoms in total. The van der Waals surface area contributed by atoms with Crippen LogP contribution in [0.5, 0.6) is 0 Å². The second-order valence-electron chi connectivity index (χ2n) is 7.42. The second-order valence-corrected chi connectivity index (χ2v) is 7.85. The molecule has 0 saturated carbocycles. The van der Waals surface area contributed by atoms with Crippen molar-refractivity contribution in [1.29, 1.82) is 0 Å². The van der Waals surface area contributed by atoms with Gasteiger partial charge in [-0.25, -0.2) is 0 Å². The maximum absolute atomic E-state index is 5.94. The highest BCUT2D eigenvalue weighted by Crippen LogP contribution is 2.22. The van der Waals surface area contributed by atoms with E-state index in [1.54, 1.807) is 0 Å². The van der Waals surface area contributed by atoms with Crippen LogP contribution in [0, 0.1) is 0 Å². The summed E-state index contributed by atoms with van der Waals surface area (Å²) in [5.74, 6) is 0. The summed E-state index contributed by atoms with van der Waals surface area (Å²) in [5.41, 5.74) is 7.07.